The van der Waals surface area contributed by atoms with Crippen molar-refractivity contribution in [2.24, 2.45) is 0 Å². The van der Waals surface area contributed by atoms with E-state index in [9.17, 15) is 9.59 Å². The fourth-order valence-corrected chi connectivity index (χ4v) is 4.57. The van der Waals surface area contributed by atoms with Crippen LogP contribution in [0.25, 0.3) is 11.1 Å². The molecule has 0 saturated heterocycles. The Hall–Kier alpha value is -4.81. The second-order valence-corrected chi connectivity index (χ2v) is 9.94. The van der Waals surface area contributed by atoms with Crippen molar-refractivity contribution in [3.63, 3.8) is 0 Å². The molecule has 2 heterocycles. The van der Waals surface area contributed by atoms with Crippen molar-refractivity contribution in [2.45, 2.75) is 31.8 Å². The summed E-state index contributed by atoms with van der Waals surface area (Å²) in [6.45, 7) is 4.77. The molecule has 0 fully saturated rings. The first-order valence-corrected chi connectivity index (χ1v) is 13.0. The smallest absolute Gasteiger partial charge is 0.250 e. The zero-order chi connectivity index (χ0) is 28.7. The molecule has 9 nitrogen and oxygen atoms in total. The summed E-state index contributed by atoms with van der Waals surface area (Å²) in [6.07, 6.45) is 5.13. The molecule has 2 N–H and O–H groups in total. The Bertz CT molecular complexity index is 1490. The summed E-state index contributed by atoms with van der Waals surface area (Å²) in [6, 6.07) is 23.0. The van der Waals surface area contributed by atoms with Crippen LogP contribution in [-0.2, 0) is 21.7 Å². The first-order valence-electron chi connectivity index (χ1n) is 13.0. The van der Waals surface area contributed by atoms with Gasteiger partial charge in [-0.3, -0.25) is 19.2 Å². The summed E-state index contributed by atoms with van der Waals surface area (Å²) in [4.78, 5) is 32.0. The van der Waals surface area contributed by atoms with Gasteiger partial charge in [-0.25, -0.2) is 4.98 Å². The average Bonchev–Trinajstić information content (AvgIpc) is 3.45. The number of anilines is 1. The second-order valence-electron chi connectivity index (χ2n) is 9.94. The number of rotatable bonds is 10. The first kappa shape index (κ1) is 28.2. The fourth-order valence-electron chi connectivity index (χ4n) is 4.57. The molecule has 0 radical (unpaired) electrons. The number of carbonyl (C=O) groups is 2. The Morgan fingerprint density at radius 3 is 2.40 bits per heavy atom. The summed E-state index contributed by atoms with van der Waals surface area (Å²) in [5.74, 6) is 0.216. The number of benzene rings is 2. The van der Waals surface area contributed by atoms with Gasteiger partial charge in [-0.1, -0.05) is 49.4 Å². The molecule has 1 unspecified atom stereocenters. The summed E-state index contributed by atoms with van der Waals surface area (Å²) in [5, 5.41) is 18.9. The molecule has 2 aromatic carbocycles. The van der Waals surface area contributed by atoms with Crippen molar-refractivity contribution < 1.29 is 9.59 Å². The van der Waals surface area contributed by atoms with Gasteiger partial charge >= 0.3 is 0 Å². The highest BCUT2D eigenvalue weighted by atomic mass is 16.2. The van der Waals surface area contributed by atoms with Crippen LogP contribution < -0.4 is 10.6 Å². The molecule has 0 saturated carbocycles. The highest BCUT2D eigenvalue weighted by molar-refractivity contribution is 5.98. The number of aromatic nitrogens is 3. The third-order valence-corrected chi connectivity index (χ3v) is 7.25. The van der Waals surface area contributed by atoms with Crippen molar-refractivity contribution in [2.75, 3.05) is 26.0 Å². The normalized spacial score (nSPS) is 13.2. The molecular weight excluding hydrogens is 502 g/mol. The first-order chi connectivity index (χ1) is 19.2. The lowest BCUT2D eigenvalue weighted by Crippen LogP contribution is -2.51. The van der Waals surface area contributed by atoms with Gasteiger partial charge in [-0.2, -0.15) is 10.4 Å². The lowest BCUT2D eigenvalue weighted by atomic mass is 9.87. The van der Waals surface area contributed by atoms with Crippen LogP contribution in [0.2, 0.25) is 0 Å². The summed E-state index contributed by atoms with van der Waals surface area (Å²) in [5.41, 5.74) is 3.23. The van der Waals surface area contributed by atoms with Crippen LogP contribution in [0.4, 0.5) is 5.82 Å². The van der Waals surface area contributed by atoms with E-state index >= 15 is 0 Å². The molecule has 2 atom stereocenters. The van der Waals surface area contributed by atoms with Crippen LogP contribution in [0.1, 0.15) is 36.5 Å². The van der Waals surface area contributed by atoms with E-state index in [1.54, 1.807) is 36.4 Å². The number of hydrogen-bond acceptors (Lipinski definition) is 6. The number of nitrogens with one attached hydrogen (secondary N) is 2. The Morgan fingerprint density at radius 1 is 1.05 bits per heavy atom. The van der Waals surface area contributed by atoms with Crippen LogP contribution in [0.3, 0.4) is 0 Å². The summed E-state index contributed by atoms with van der Waals surface area (Å²) in [7, 11) is 3.53. The molecule has 0 bridgehead atoms. The van der Waals surface area contributed by atoms with E-state index in [4.69, 9.17) is 5.26 Å². The minimum absolute atomic E-state index is 0.121. The molecule has 0 aliphatic carbocycles. The molecule has 4 rings (SSSR count). The number of likely N-dealkylation sites (N-methyl/N-ethyl adjacent to an activating group) is 2. The maximum absolute atomic E-state index is 13.9. The zero-order valence-corrected chi connectivity index (χ0v) is 23.1. The minimum Gasteiger partial charge on any atom is -0.358 e. The monoisotopic (exact) mass is 535 g/mol. The molecule has 0 aliphatic rings. The summed E-state index contributed by atoms with van der Waals surface area (Å²) >= 11 is 0. The minimum atomic E-state index is -0.983. The average molecular weight is 536 g/mol. The number of carbonyl (C=O) groups excluding carboxylic acids is 2. The van der Waals surface area contributed by atoms with Crippen LogP contribution in [0.15, 0.2) is 85.3 Å². The predicted molar refractivity (Wildman–Crippen MR) is 154 cm³/mol. The molecule has 4 aromatic rings. The van der Waals surface area contributed by atoms with Gasteiger partial charge in [0.25, 0.3) is 0 Å². The Balaban J connectivity index is 1.52. The largest absolute Gasteiger partial charge is 0.358 e. The standard InChI is InChI=1S/C31H33N7O2/c1-22(24-12-10-23(16-32)11-13-24)19-37(4)31(2,27-8-6-5-7-9-27)30(40)36-28-15-14-25(17-34-28)26-18-35-38(20-26)21-29(39)33-3/h5-15,17-18,20,22H,19,21H2,1-4H3,(H,33,39)(H,34,36,40)/t22-,31?/m1/s1. The lowest BCUT2D eigenvalue weighted by Gasteiger charge is -2.39. The van der Waals surface area contributed by atoms with E-state index in [-0.39, 0.29) is 24.3 Å². The van der Waals surface area contributed by atoms with Gasteiger partial charge in [-0.05, 0) is 55.3 Å². The number of amides is 2. The Kier molecular flexibility index (Phi) is 8.72. The third kappa shape index (κ3) is 6.25. The molecule has 9 heteroatoms. The Morgan fingerprint density at radius 2 is 1.77 bits per heavy atom. The number of pyridine rings is 1. The molecular formula is C31H33N7O2. The molecule has 0 spiro atoms. The third-order valence-electron chi connectivity index (χ3n) is 7.25. The topological polar surface area (TPSA) is 116 Å². The van der Waals surface area contributed by atoms with Gasteiger partial charge in [-0.15, -0.1) is 0 Å². The number of nitrogens with zero attached hydrogens (tertiary/aromatic N) is 5. The van der Waals surface area contributed by atoms with E-state index in [0.29, 0.717) is 17.9 Å². The van der Waals surface area contributed by atoms with Gasteiger partial charge in [0, 0.05) is 37.1 Å². The highest BCUT2D eigenvalue weighted by Crippen LogP contribution is 2.31. The number of hydrogen-bond donors (Lipinski definition) is 2. The Labute approximate surface area is 234 Å². The van der Waals surface area contributed by atoms with Crippen LogP contribution in [0.5, 0.6) is 0 Å². The van der Waals surface area contributed by atoms with Gasteiger partial charge in [0.1, 0.15) is 17.9 Å². The van der Waals surface area contributed by atoms with E-state index < -0.39 is 5.54 Å². The lowest BCUT2D eigenvalue weighted by molar-refractivity contribution is -0.127. The van der Waals surface area contributed by atoms with Crippen LogP contribution >= 0.6 is 0 Å². The number of nitriles is 1. The fraction of sp³-hybridized carbons (Fsp3) is 0.258. The molecule has 2 amide bonds. The van der Waals surface area contributed by atoms with Gasteiger partial charge in [0.2, 0.25) is 11.8 Å². The van der Waals surface area contributed by atoms with Crippen molar-refractivity contribution in [3.05, 3.63) is 102 Å². The molecule has 204 valence electrons. The van der Waals surface area contributed by atoms with Gasteiger partial charge in [0.15, 0.2) is 0 Å². The quantitative estimate of drug-likeness (QED) is 0.315. The predicted octanol–water partition coefficient (Wildman–Crippen LogP) is 4.15. The van der Waals surface area contributed by atoms with Crippen molar-refractivity contribution in [1.29, 1.82) is 5.26 Å². The van der Waals surface area contributed by atoms with E-state index in [1.807, 2.05) is 74.6 Å². The van der Waals surface area contributed by atoms with Crippen molar-refractivity contribution in [1.82, 2.24) is 25.0 Å². The van der Waals surface area contributed by atoms with Gasteiger partial charge < -0.3 is 10.6 Å². The highest BCUT2D eigenvalue weighted by Gasteiger charge is 2.40. The molecule has 2 aromatic heterocycles. The SMILES string of the molecule is CNC(=O)Cn1cc(-c2ccc(NC(=O)C(C)(c3ccccc3)N(C)C[C@@H](C)c3ccc(C#N)cc3)nc2)cn1. The van der Waals surface area contributed by atoms with Gasteiger partial charge in [0.05, 0.1) is 17.8 Å². The zero-order valence-electron chi connectivity index (χ0n) is 23.1. The summed E-state index contributed by atoms with van der Waals surface area (Å²) < 4.78 is 1.56. The molecule has 0 aliphatic heterocycles. The van der Waals surface area contributed by atoms with E-state index in [2.05, 4.69) is 38.6 Å². The van der Waals surface area contributed by atoms with Crippen LogP contribution in [-0.4, -0.2) is 52.1 Å². The maximum atomic E-state index is 13.9. The van der Waals surface area contributed by atoms with Crippen molar-refractivity contribution in [3.8, 4) is 17.2 Å². The van der Waals surface area contributed by atoms with Crippen molar-refractivity contribution >= 4 is 17.6 Å². The van der Waals surface area contributed by atoms with E-state index in [1.165, 1.54) is 0 Å². The van der Waals surface area contributed by atoms with E-state index in [0.717, 1.165) is 22.3 Å². The maximum Gasteiger partial charge on any atom is 0.250 e. The van der Waals surface area contributed by atoms with Crippen LogP contribution in [0, 0.1) is 11.3 Å². The second kappa shape index (κ2) is 12.4. The molecule has 40 heavy (non-hydrogen) atoms.